The molecule has 5 heteroatoms. The molecule has 0 unspecified atom stereocenters. The monoisotopic (exact) mass is 191 g/mol. The van der Waals surface area contributed by atoms with Gasteiger partial charge in [0.05, 0.1) is 23.1 Å². The van der Waals surface area contributed by atoms with Crippen LogP contribution in [-0.2, 0) is 6.42 Å². The van der Waals surface area contributed by atoms with E-state index in [0.717, 1.165) is 0 Å². The van der Waals surface area contributed by atoms with Crippen molar-refractivity contribution in [3.63, 3.8) is 0 Å². The van der Waals surface area contributed by atoms with Crippen LogP contribution < -0.4 is 0 Å². The first-order chi connectivity index (χ1) is 6.56. The molecule has 0 aliphatic carbocycles. The zero-order valence-electron chi connectivity index (χ0n) is 7.94. The first kappa shape index (κ1) is 10.1. The average Bonchev–Trinajstić information content (AvgIpc) is 2.10. The lowest BCUT2D eigenvalue weighted by molar-refractivity contribution is -0.385. The molecule has 5 nitrogen and oxygen atoms in total. The molecule has 0 fully saturated rings. The molecule has 0 aromatic carbocycles. The number of pyridine rings is 1. The molecule has 1 aromatic heterocycles. The van der Waals surface area contributed by atoms with Gasteiger partial charge in [0, 0.05) is 6.07 Å². The van der Waals surface area contributed by atoms with Crippen molar-refractivity contribution >= 4 is 5.69 Å². The number of hydrogen-bond acceptors (Lipinski definition) is 4. The van der Waals surface area contributed by atoms with E-state index in [-0.39, 0.29) is 12.1 Å². The third-order valence-corrected chi connectivity index (χ3v) is 1.92. The molecule has 0 saturated heterocycles. The third-order valence-electron chi connectivity index (χ3n) is 1.92. The summed E-state index contributed by atoms with van der Waals surface area (Å²) in [4.78, 5) is 14.1. The largest absolute Gasteiger partial charge is 0.290 e. The fourth-order valence-corrected chi connectivity index (χ4v) is 1.18. The second-order valence-corrected chi connectivity index (χ2v) is 2.95. The molecule has 1 rings (SSSR count). The first-order valence-corrected chi connectivity index (χ1v) is 4.04. The molecule has 0 spiro atoms. The van der Waals surface area contributed by atoms with Crippen molar-refractivity contribution in [2.24, 2.45) is 0 Å². The summed E-state index contributed by atoms with van der Waals surface area (Å²) in [5.74, 6) is 0. The summed E-state index contributed by atoms with van der Waals surface area (Å²) in [7, 11) is 0. The highest BCUT2D eigenvalue weighted by Gasteiger charge is 2.14. The van der Waals surface area contributed by atoms with Crippen molar-refractivity contribution in [2.75, 3.05) is 0 Å². The zero-order valence-corrected chi connectivity index (χ0v) is 7.94. The predicted molar refractivity (Wildman–Crippen MR) is 49.7 cm³/mol. The molecule has 0 amide bonds. The molecule has 14 heavy (non-hydrogen) atoms. The highest BCUT2D eigenvalue weighted by atomic mass is 16.6. The molecule has 0 aliphatic heterocycles. The van der Waals surface area contributed by atoms with E-state index in [9.17, 15) is 10.1 Å². The van der Waals surface area contributed by atoms with Gasteiger partial charge in [-0.1, -0.05) is 0 Å². The van der Waals surface area contributed by atoms with Crippen LogP contribution in [0.1, 0.15) is 17.0 Å². The fraction of sp³-hybridized carbons (Fsp3) is 0.333. The summed E-state index contributed by atoms with van der Waals surface area (Å²) < 4.78 is 0. The van der Waals surface area contributed by atoms with E-state index in [1.807, 2.05) is 6.07 Å². The van der Waals surface area contributed by atoms with Gasteiger partial charge < -0.3 is 0 Å². The summed E-state index contributed by atoms with van der Waals surface area (Å²) in [6.45, 7) is 3.28. The number of aromatic nitrogens is 1. The van der Waals surface area contributed by atoms with Crippen molar-refractivity contribution in [2.45, 2.75) is 20.3 Å². The Labute approximate surface area is 81.2 Å². The van der Waals surface area contributed by atoms with Crippen LogP contribution in [0.2, 0.25) is 0 Å². The Kier molecular flexibility index (Phi) is 2.77. The maximum absolute atomic E-state index is 10.5. The smallest absolute Gasteiger partial charge is 0.258 e. The van der Waals surface area contributed by atoms with Crippen LogP contribution in [-0.4, -0.2) is 9.91 Å². The molecule has 0 saturated carbocycles. The van der Waals surface area contributed by atoms with Gasteiger partial charge in [-0.3, -0.25) is 10.1 Å². The van der Waals surface area contributed by atoms with Gasteiger partial charge in [0.2, 0.25) is 0 Å². The molecular weight excluding hydrogens is 182 g/mol. The Morgan fingerprint density at radius 3 is 2.79 bits per heavy atom. The number of nitro groups is 1. The maximum Gasteiger partial charge on any atom is 0.290 e. The van der Waals surface area contributed by atoms with Gasteiger partial charge in [0.15, 0.2) is 0 Å². The number of aryl methyl sites for hydroxylation is 2. The fourth-order valence-electron chi connectivity index (χ4n) is 1.18. The summed E-state index contributed by atoms with van der Waals surface area (Å²) in [5, 5.41) is 19.0. The molecule has 0 bridgehead atoms. The minimum Gasteiger partial charge on any atom is -0.258 e. The Bertz CT molecular complexity index is 421. The van der Waals surface area contributed by atoms with Crippen LogP contribution in [0.5, 0.6) is 0 Å². The van der Waals surface area contributed by atoms with Gasteiger partial charge >= 0.3 is 0 Å². The molecule has 1 heterocycles. The van der Waals surface area contributed by atoms with Gasteiger partial charge in [-0.05, 0) is 19.4 Å². The Balaban J connectivity index is 3.25. The van der Waals surface area contributed by atoms with Crippen molar-refractivity contribution in [3.8, 4) is 6.07 Å². The lowest BCUT2D eigenvalue weighted by atomic mass is 10.1. The summed E-state index contributed by atoms with van der Waals surface area (Å²) in [5.41, 5.74) is 1.65. The number of nitrogens with zero attached hydrogens (tertiary/aromatic N) is 3. The Morgan fingerprint density at radius 1 is 1.64 bits per heavy atom. The summed E-state index contributed by atoms with van der Waals surface area (Å²) in [6.07, 6.45) is 0.185. The van der Waals surface area contributed by atoms with E-state index >= 15 is 0 Å². The molecule has 1 aromatic rings. The van der Waals surface area contributed by atoms with Crippen molar-refractivity contribution in [1.29, 1.82) is 5.26 Å². The molecule has 0 N–H and O–H groups in total. The van der Waals surface area contributed by atoms with Crippen molar-refractivity contribution in [3.05, 3.63) is 33.1 Å². The highest BCUT2D eigenvalue weighted by molar-refractivity contribution is 5.40. The summed E-state index contributed by atoms with van der Waals surface area (Å²) >= 11 is 0. The second kappa shape index (κ2) is 3.83. The van der Waals surface area contributed by atoms with Crippen molar-refractivity contribution in [1.82, 2.24) is 4.98 Å². The molecule has 0 aliphatic rings. The van der Waals surface area contributed by atoms with Gasteiger partial charge in [0.25, 0.3) is 5.69 Å². The maximum atomic E-state index is 10.5. The van der Waals surface area contributed by atoms with Gasteiger partial charge in [-0.15, -0.1) is 0 Å². The molecule has 0 radical (unpaired) electrons. The summed E-state index contributed by atoms with van der Waals surface area (Å²) in [6, 6.07) is 3.42. The second-order valence-electron chi connectivity index (χ2n) is 2.95. The molecule has 0 atom stereocenters. The normalized spacial score (nSPS) is 9.50. The third kappa shape index (κ3) is 1.85. The highest BCUT2D eigenvalue weighted by Crippen LogP contribution is 2.19. The molecular formula is C9H9N3O2. The van der Waals surface area contributed by atoms with E-state index < -0.39 is 4.92 Å². The van der Waals surface area contributed by atoms with Crippen LogP contribution in [0.15, 0.2) is 6.07 Å². The van der Waals surface area contributed by atoms with Gasteiger partial charge in [-0.25, -0.2) is 4.98 Å². The lowest BCUT2D eigenvalue weighted by Crippen LogP contribution is -2.00. The Hall–Kier alpha value is -1.96. The minimum atomic E-state index is -0.467. The average molecular weight is 191 g/mol. The van der Waals surface area contributed by atoms with E-state index in [2.05, 4.69) is 4.98 Å². The number of nitriles is 1. The lowest BCUT2D eigenvalue weighted by Gasteiger charge is -2.02. The quantitative estimate of drug-likeness (QED) is 0.526. The van der Waals surface area contributed by atoms with Crippen LogP contribution in [0.4, 0.5) is 5.69 Å². The first-order valence-electron chi connectivity index (χ1n) is 4.04. The van der Waals surface area contributed by atoms with Crippen LogP contribution in [0.25, 0.3) is 0 Å². The molecule has 72 valence electrons. The topological polar surface area (TPSA) is 79.8 Å². The van der Waals surface area contributed by atoms with E-state index in [0.29, 0.717) is 17.0 Å². The van der Waals surface area contributed by atoms with Gasteiger partial charge in [-0.2, -0.15) is 5.26 Å². The SMILES string of the molecule is Cc1cc([N+](=O)[O-])c(C)nc1CC#N. The van der Waals surface area contributed by atoms with Gasteiger partial charge in [0.1, 0.15) is 5.69 Å². The van der Waals surface area contributed by atoms with Crippen LogP contribution >= 0.6 is 0 Å². The zero-order chi connectivity index (χ0) is 10.7. The van der Waals surface area contributed by atoms with E-state index in [1.165, 1.54) is 6.07 Å². The van der Waals surface area contributed by atoms with E-state index in [1.54, 1.807) is 13.8 Å². The van der Waals surface area contributed by atoms with Crippen LogP contribution in [0.3, 0.4) is 0 Å². The minimum absolute atomic E-state index is 0.00388. The van der Waals surface area contributed by atoms with E-state index in [4.69, 9.17) is 5.26 Å². The van der Waals surface area contributed by atoms with Crippen molar-refractivity contribution < 1.29 is 4.92 Å². The number of rotatable bonds is 2. The standard InChI is InChI=1S/C9H9N3O2/c1-6-5-9(12(13)14)7(2)11-8(6)3-4-10/h5H,3H2,1-2H3. The van der Waals surface area contributed by atoms with Crippen LogP contribution in [0, 0.1) is 35.3 Å². The Morgan fingerprint density at radius 2 is 2.29 bits per heavy atom. The number of hydrogen-bond donors (Lipinski definition) is 0. The predicted octanol–water partition coefficient (Wildman–Crippen LogP) is 1.67.